The summed E-state index contributed by atoms with van der Waals surface area (Å²) in [5.74, 6) is -12.8. The first-order chi connectivity index (χ1) is 12.6. The summed E-state index contributed by atoms with van der Waals surface area (Å²) >= 11 is 1.14. The van der Waals surface area contributed by atoms with E-state index in [0.29, 0.717) is 0 Å². The van der Waals surface area contributed by atoms with Gasteiger partial charge >= 0.3 is 12.1 Å². The van der Waals surface area contributed by atoms with Crippen LogP contribution in [0.3, 0.4) is 0 Å². The zero-order valence-electron chi connectivity index (χ0n) is 15.8. The molecule has 1 aliphatic heterocycles. The second kappa shape index (κ2) is 9.04. The molecule has 2 amide bonds. The maximum atomic E-state index is 13.8. The lowest BCUT2D eigenvalue weighted by atomic mass is 9.91. The number of ketones is 1. The second-order valence-electron chi connectivity index (χ2n) is 7.30. The molecule has 3 N–H and O–H groups in total. The lowest BCUT2D eigenvalue weighted by molar-refractivity contribution is -0.271. The smallest absolute Gasteiger partial charge is 0.320 e. The summed E-state index contributed by atoms with van der Waals surface area (Å²) in [4.78, 5) is 38.1. The van der Waals surface area contributed by atoms with Gasteiger partial charge in [-0.1, -0.05) is 39.6 Å². The quantitative estimate of drug-likeness (QED) is 0.471. The van der Waals surface area contributed by atoms with Crippen LogP contribution in [0.5, 0.6) is 0 Å². The van der Waals surface area contributed by atoms with E-state index in [9.17, 15) is 36.3 Å². The molecule has 1 saturated heterocycles. The number of nitrogens with zero attached hydrogens (tertiary/aromatic N) is 1. The average molecular weight is 433 g/mol. The van der Waals surface area contributed by atoms with Crippen molar-refractivity contribution in [1.29, 1.82) is 0 Å². The number of Topliss-reactive ketones (excluding diaryl/α,β-unsaturated/α-hetero) is 1. The van der Waals surface area contributed by atoms with E-state index in [2.05, 4.69) is 4.72 Å². The Morgan fingerprint density at radius 1 is 1.07 bits per heavy atom. The first-order valence-electron chi connectivity index (χ1n) is 8.60. The Bertz CT molecular complexity index is 593. The van der Waals surface area contributed by atoms with E-state index in [1.807, 2.05) is 0 Å². The monoisotopic (exact) mass is 433 g/mol. The molecular weight excluding hydrogens is 409 g/mol. The molecular formula is C16H24F5N3O3S. The molecule has 0 aromatic heterocycles. The van der Waals surface area contributed by atoms with Gasteiger partial charge < -0.3 is 5.73 Å². The van der Waals surface area contributed by atoms with Gasteiger partial charge in [0.05, 0.1) is 12.0 Å². The highest BCUT2D eigenvalue weighted by Gasteiger charge is 2.66. The molecule has 0 bridgehead atoms. The highest BCUT2D eigenvalue weighted by atomic mass is 32.2. The van der Waals surface area contributed by atoms with Crippen molar-refractivity contribution in [2.24, 2.45) is 23.5 Å². The topological polar surface area (TPSA) is 92.5 Å². The van der Waals surface area contributed by atoms with Gasteiger partial charge in [0, 0.05) is 12.3 Å². The van der Waals surface area contributed by atoms with Gasteiger partial charge in [0.15, 0.2) is 0 Å². The normalized spacial score (nSPS) is 20.4. The molecule has 0 saturated carbocycles. The van der Waals surface area contributed by atoms with Crippen molar-refractivity contribution in [3.05, 3.63) is 0 Å². The Morgan fingerprint density at radius 2 is 1.61 bits per heavy atom. The molecule has 1 rings (SSSR count). The molecule has 3 atom stereocenters. The van der Waals surface area contributed by atoms with Crippen molar-refractivity contribution in [2.75, 3.05) is 12.3 Å². The lowest BCUT2D eigenvalue weighted by Gasteiger charge is -2.37. The molecule has 0 radical (unpaired) electrons. The average Bonchev–Trinajstić information content (AvgIpc) is 3.10. The third-order valence-electron chi connectivity index (χ3n) is 4.39. The Balaban J connectivity index is 3.46. The van der Waals surface area contributed by atoms with Crippen molar-refractivity contribution >= 4 is 29.5 Å². The van der Waals surface area contributed by atoms with Crippen LogP contribution in [0.4, 0.5) is 22.0 Å². The van der Waals surface area contributed by atoms with Gasteiger partial charge in [0.1, 0.15) is 6.04 Å². The standard InChI is InChI=1S/C16H24F5N3O3S/c1-7(2)10(22)14(27)24(13(26)9-5-23-28-6-9)11(8(3)4)12(25)15(17,18)16(19,20)21/h7-11,23H,5-6,22H2,1-4H3/t9?,10-,11?/m0/s1. The summed E-state index contributed by atoms with van der Waals surface area (Å²) in [6.07, 6.45) is -6.15. The number of hydrogen-bond acceptors (Lipinski definition) is 6. The highest BCUT2D eigenvalue weighted by Crippen LogP contribution is 2.39. The first kappa shape index (κ1) is 24.8. The number of imide groups is 1. The Labute approximate surface area is 163 Å². The number of amides is 2. The summed E-state index contributed by atoms with van der Waals surface area (Å²) in [5, 5.41) is 0. The number of hydrogen-bond donors (Lipinski definition) is 2. The first-order valence-corrected chi connectivity index (χ1v) is 9.59. The number of halogens is 5. The van der Waals surface area contributed by atoms with Crippen LogP contribution in [0, 0.1) is 17.8 Å². The number of nitrogens with one attached hydrogen (secondary N) is 1. The van der Waals surface area contributed by atoms with Gasteiger partial charge in [0.25, 0.3) is 0 Å². The maximum Gasteiger partial charge on any atom is 0.461 e. The van der Waals surface area contributed by atoms with Crippen LogP contribution in [-0.4, -0.2) is 59.0 Å². The third kappa shape index (κ3) is 5.01. The van der Waals surface area contributed by atoms with E-state index in [4.69, 9.17) is 5.73 Å². The van der Waals surface area contributed by atoms with Crippen molar-refractivity contribution in [3.63, 3.8) is 0 Å². The van der Waals surface area contributed by atoms with Gasteiger partial charge in [-0.25, -0.2) is 0 Å². The molecule has 6 nitrogen and oxygen atoms in total. The zero-order valence-corrected chi connectivity index (χ0v) is 16.7. The summed E-state index contributed by atoms with van der Waals surface area (Å²) in [6.45, 7) is 5.50. The molecule has 0 aromatic carbocycles. The van der Waals surface area contributed by atoms with Gasteiger partial charge in [-0.2, -0.15) is 22.0 Å². The van der Waals surface area contributed by atoms with E-state index < -0.39 is 59.5 Å². The minimum absolute atomic E-state index is 0.0822. The molecule has 1 heterocycles. The van der Waals surface area contributed by atoms with Crippen LogP contribution in [0.15, 0.2) is 0 Å². The summed E-state index contributed by atoms with van der Waals surface area (Å²) < 4.78 is 68.6. The summed E-state index contributed by atoms with van der Waals surface area (Å²) in [7, 11) is 0. The Kier molecular flexibility index (Phi) is 7.99. The van der Waals surface area contributed by atoms with Crippen LogP contribution < -0.4 is 10.5 Å². The molecule has 1 aliphatic rings. The molecule has 0 spiro atoms. The fraction of sp³-hybridized carbons (Fsp3) is 0.812. The van der Waals surface area contributed by atoms with Crippen molar-refractivity contribution in [1.82, 2.24) is 9.62 Å². The molecule has 2 unspecified atom stereocenters. The minimum atomic E-state index is -6.15. The van der Waals surface area contributed by atoms with E-state index in [0.717, 1.165) is 11.9 Å². The van der Waals surface area contributed by atoms with Crippen LogP contribution in [-0.2, 0) is 14.4 Å². The fourth-order valence-electron chi connectivity index (χ4n) is 2.61. The number of rotatable bonds is 7. The number of nitrogens with two attached hydrogens (primary N) is 1. The van der Waals surface area contributed by atoms with Crippen molar-refractivity contribution in [3.8, 4) is 0 Å². The Hall–Kier alpha value is -1.27. The zero-order chi connectivity index (χ0) is 22.0. The van der Waals surface area contributed by atoms with E-state index in [1.54, 1.807) is 0 Å². The van der Waals surface area contributed by atoms with E-state index in [1.165, 1.54) is 27.7 Å². The molecule has 28 heavy (non-hydrogen) atoms. The SMILES string of the molecule is CC(C)C(C(=O)C(F)(F)C(F)(F)F)N(C(=O)C1CNSC1)C(=O)[C@@H](N)C(C)C. The molecule has 162 valence electrons. The maximum absolute atomic E-state index is 13.8. The lowest BCUT2D eigenvalue weighted by Crippen LogP contribution is -2.63. The third-order valence-corrected chi connectivity index (χ3v) is 5.33. The molecule has 1 fully saturated rings. The fourth-order valence-corrected chi connectivity index (χ4v) is 3.50. The molecule has 0 aliphatic carbocycles. The van der Waals surface area contributed by atoms with Crippen LogP contribution in [0.1, 0.15) is 27.7 Å². The van der Waals surface area contributed by atoms with E-state index in [-0.39, 0.29) is 17.2 Å². The van der Waals surface area contributed by atoms with Crippen LogP contribution >= 0.6 is 11.9 Å². The van der Waals surface area contributed by atoms with Gasteiger partial charge in [-0.05, 0) is 11.8 Å². The van der Waals surface area contributed by atoms with Gasteiger partial charge in [-0.15, -0.1) is 0 Å². The van der Waals surface area contributed by atoms with Gasteiger partial charge in [0.2, 0.25) is 17.6 Å². The van der Waals surface area contributed by atoms with Gasteiger partial charge in [-0.3, -0.25) is 24.0 Å². The summed E-state index contributed by atoms with van der Waals surface area (Å²) in [6, 6.07) is -3.65. The number of alkyl halides is 5. The largest absolute Gasteiger partial charge is 0.461 e. The second-order valence-corrected chi connectivity index (χ2v) is 8.21. The summed E-state index contributed by atoms with van der Waals surface area (Å²) in [5.41, 5.74) is 5.75. The van der Waals surface area contributed by atoms with Crippen molar-refractivity contribution in [2.45, 2.75) is 51.9 Å². The van der Waals surface area contributed by atoms with Crippen LogP contribution in [0.2, 0.25) is 0 Å². The Morgan fingerprint density at radius 3 is 1.96 bits per heavy atom. The predicted octanol–water partition coefficient (Wildman–Crippen LogP) is 1.98. The molecule has 12 heteroatoms. The van der Waals surface area contributed by atoms with E-state index >= 15 is 0 Å². The number of carbonyl (C=O) groups excluding carboxylic acids is 3. The van der Waals surface area contributed by atoms with Crippen molar-refractivity contribution < 1.29 is 36.3 Å². The predicted molar refractivity (Wildman–Crippen MR) is 93.3 cm³/mol. The minimum Gasteiger partial charge on any atom is -0.320 e. The molecule has 0 aromatic rings. The van der Waals surface area contributed by atoms with Crippen LogP contribution in [0.25, 0.3) is 0 Å². The number of carbonyl (C=O) groups is 3. The highest BCUT2D eigenvalue weighted by molar-refractivity contribution is 7.97.